The van der Waals surface area contributed by atoms with Crippen molar-refractivity contribution in [2.75, 3.05) is 49.6 Å². The number of fused-ring (bicyclic) bond motifs is 2. The van der Waals surface area contributed by atoms with Gasteiger partial charge in [-0.1, -0.05) is 5.16 Å². The smallest absolute Gasteiger partial charge is 0.254 e. The monoisotopic (exact) mass is 521 g/mol. The lowest BCUT2D eigenvalue weighted by molar-refractivity contribution is -0.362. The van der Waals surface area contributed by atoms with E-state index in [2.05, 4.69) is 26.2 Å². The van der Waals surface area contributed by atoms with Crippen molar-refractivity contribution >= 4 is 34.6 Å². The number of nitrogens with two attached hydrogens (primary N) is 1. The summed E-state index contributed by atoms with van der Waals surface area (Å²) in [5, 5.41) is 7.34. The number of nitrogens with one attached hydrogen (secondary N) is 1. The molecule has 0 aliphatic carbocycles. The summed E-state index contributed by atoms with van der Waals surface area (Å²) in [5.74, 6) is 0.607. The average Bonchev–Trinajstić information content (AvgIpc) is 3.67. The number of carbonyl (C=O) groups is 1. The molecule has 0 aromatic carbocycles. The Hall–Kier alpha value is -4.69. The van der Waals surface area contributed by atoms with Crippen molar-refractivity contribution in [3.63, 3.8) is 0 Å². The number of morpholine rings is 1. The normalized spacial score (nSPS) is 14.0. The highest BCUT2D eigenvalue weighted by Crippen LogP contribution is 2.33. The van der Waals surface area contributed by atoms with Gasteiger partial charge in [0.2, 0.25) is 17.0 Å². The molecule has 1 amide bonds. The van der Waals surface area contributed by atoms with E-state index >= 15 is 0 Å². The first-order valence-corrected chi connectivity index (χ1v) is 12.1. The highest BCUT2D eigenvalue weighted by atomic mass is 16.5. The van der Waals surface area contributed by atoms with Crippen LogP contribution in [0.2, 0.25) is 0 Å². The van der Waals surface area contributed by atoms with E-state index in [-0.39, 0.29) is 28.6 Å². The van der Waals surface area contributed by atoms with Crippen LogP contribution in [-0.4, -0.2) is 64.8 Å². The molecule has 38 heavy (non-hydrogen) atoms. The van der Waals surface area contributed by atoms with Gasteiger partial charge in [-0.3, -0.25) is 14.0 Å². The number of imidazole rings is 1. The van der Waals surface area contributed by atoms with Gasteiger partial charge in [0.25, 0.3) is 5.91 Å². The van der Waals surface area contributed by atoms with Crippen molar-refractivity contribution in [1.82, 2.24) is 19.5 Å². The molecule has 1 aliphatic heterocycles. The number of rotatable bonds is 8. The van der Waals surface area contributed by atoms with E-state index in [0.29, 0.717) is 79.6 Å². The van der Waals surface area contributed by atoms with E-state index in [9.17, 15) is 9.59 Å². The van der Waals surface area contributed by atoms with Gasteiger partial charge in [-0.05, 0) is 0 Å². The van der Waals surface area contributed by atoms with Crippen LogP contribution in [0.4, 0.5) is 11.8 Å². The minimum absolute atomic E-state index is 0.0820. The van der Waals surface area contributed by atoms with Crippen LogP contribution in [-0.2, 0) is 11.2 Å². The Morgan fingerprint density at radius 1 is 1.21 bits per heavy atom. The zero-order valence-electron chi connectivity index (χ0n) is 20.3. The van der Waals surface area contributed by atoms with Gasteiger partial charge in [0.05, 0.1) is 43.8 Å². The summed E-state index contributed by atoms with van der Waals surface area (Å²) in [6, 6.07) is 3.09. The van der Waals surface area contributed by atoms with Crippen molar-refractivity contribution in [3.8, 4) is 11.3 Å². The molecule has 0 saturated carbocycles. The number of amides is 1. The van der Waals surface area contributed by atoms with Gasteiger partial charge in [0.15, 0.2) is 22.9 Å². The Morgan fingerprint density at radius 3 is 2.84 bits per heavy atom. The van der Waals surface area contributed by atoms with E-state index in [4.69, 9.17) is 23.8 Å². The molecule has 5 aromatic heterocycles. The lowest BCUT2D eigenvalue weighted by Gasteiger charge is -2.26. The summed E-state index contributed by atoms with van der Waals surface area (Å²) < 4.78 is 24.2. The number of nitrogens with zero attached hydrogens (tertiary/aromatic N) is 5. The number of primary amides is 1. The van der Waals surface area contributed by atoms with Crippen LogP contribution in [0, 0.1) is 0 Å². The average molecular weight is 522 g/mol. The quantitative estimate of drug-likeness (QED) is 0.253. The molecule has 0 atom stereocenters. The van der Waals surface area contributed by atoms with Crippen LogP contribution in [0.5, 0.6) is 0 Å². The molecule has 0 bridgehead atoms. The van der Waals surface area contributed by atoms with E-state index < -0.39 is 5.91 Å². The molecule has 0 spiro atoms. The number of carbonyl (C=O) groups excluding carboxylic acids is 1. The van der Waals surface area contributed by atoms with Gasteiger partial charge >= 0.3 is 0 Å². The van der Waals surface area contributed by atoms with Gasteiger partial charge in [-0.15, -0.1) is 0 Å². The minimum atomic E-state index is -0.658. The minimum Gasteiger partial charge on any atom is -0.456 e. The van der Waals surface area contributed by atoms with E-state index in [1.54, 1.807) is 22.9 Å². The van der Waals surface area contributed by atoms with E-state index in [1.165, 1.54) is 12.3 Å². The molecule has 5 aromatic rings. The third-order valence-corrected chi connectivity index (χ3v) is 6.25. The van der Waals surface area contributed by atoms with Crippen molar-refractivity contribution in [2.24, 2.45) is 5.73 Å². The highest BCUT2D eigenvalue weighted by Gasteiger charge is 2.24. The fourth-order valence-electron chi connectivity index (χ4n) is 4.46. The number of hydrogen-bond donors (Lipinski definition) is 3. The fraction of sp³-hybridized carbons (Fsp3) is 0.292. The summed E-state index contributed by atoms with van der Waals surface area (Å²) in [6.45, 7) is 3.52. The molecule has 0 radical (unpaired) electrons. The number of ether oxygens (including phenoxy) is 1. The fourth-order valence-corrected chi connectivity index (χ4v) is 4.46. The molecular formula is C24H25N8O6+. The number of hydrogen-bond acceptors (Lipinski definition) is 11. The summed E-state index contributed by atoms with van der Waals surface area (Å²) in [4.78, 5) is 35.9. The SMILES string of the molecule is NC(=O)c1c(Cc2cc(-c3coc4c(=O)cc(N5CCOCC5)oc34)on2)nc(NCC[NH3+])n2ccnc12. The second kappa shape index (κ2) is 9.64. The van der Waals surface area contributed by atoms with Gasteiger partial charge in [-0.2, -0.15) is 0 Å². The molecule has 1 fully saturated rings. The first kappa shape index (κ1) is 23.7. The molecule has 6 heterocycles. The van der Waals surface area contributed by atoms with Crippen molar-refractivity contribution in [3.05, 3.63) is 58.0 Å². The molecule has 0 unspecified atom stereocenters. The topological polar surface area (TPSA) is 195 Å². The Labute approximate surface area is 214 Å². The predicted molar refractivity (Wildman–Crippen MR) is 134 cm³/mol. The summed E-state index contributed by atoms with van der Waals surface area (Å²) in [6.07, 6.45) is 4.80. The Balaban J connectivity index is 1.36. The number of aromatic nitrogens is 4. The third kappa shape index (κ3) is 4.14. The van der Waals surface area contributed by atoms with Gasteiger partial charge in [0.1, 0.15) is 17.4 Å². The van der Waals surface area contributed by atoms with Crippen molar-refractivity contribution in [1.29, 1.82) is 0 Å². The second-order valence-electron chi connectivity index (χ2n) is 8.74. The largest absolute Gasteiger partial charge is 0.456 e. The zero-order valence-corrected chi connectivity index (χ0v) is 20.3. The molecule has 1 saturated heterocycles. The van der Waals surface area contributed by atoms with Gasteiger partial charge < -0.3 is 39.8 Å². The Kier molecular flexibility index (Phi) is 6.01. The van der Waals surface area contributed by atoms with Crippen LogP contribution < -0.4 is 27.1 Å². The second-order valence-corrected chi connectivity index (χ2v) is 8.74. The molecule has 196 valence electrons. The van der Waals surface area contributed by atoms with Gasteiger partial charge in [-0.25, -0.2) is 9.97 Å². The van der Waals surface area contributed by atoms with Crippen LogP contribution in [0.3, 0.4) is 0 Å². The first-order valence-electron chi connectivity index (χ1n) is 12.1. The van der Waals surface area contributed by atoms with Crippen molar-refractivity contribution < 1.29 is 28.6 Å². The van der Waals surface area contributed by atoms with E-state index in [1.807, 2.05) is 4.90 Å². The highest BCUT2D eigenvalue weighted by molar-refractivity contribution is 6.00. The molecular weight excluding hydrogens is 496 g/mol. The van der Waals surface area contributed by atoms with Crippen LogP contribution in [0.25, 0.3) is 28.1 Å². The zero-order chi connectivity index (χ0) is 26.2. The summed E-state index contributed by atoms with van der Waals surface area (Å²) >= 11 is 0. The summed E-state index contributed by atoms with van der Waals surface area (Å²) in [7, 11) is 0. The summed E-state index contributed by atoms with van der Waals surface area (Å²) in [5.41, 5.74) is 11.5. The van der Waals surface area contributed by atoms with Gasteiger partial charge in [0, 0.05) is 38.0 Å². The maximum atomic E-state index is 12.7. The molecule has 6 N–H and O–H groups in total. The van der Waals surface area contributed by atoms with Crippen LogP contribution in [0.15, 0.2) is 48.9 Å². The predicted octanol–water partition coefficient (Wildman–Crippen LogP) is 0.264. The standard InChI is InChI=1S/C24H24N8O6/c25-1-2-28-24-29-15(19(22(26)34)23-27-3-4-32(23)24)9-13-10-17(38-30-13)14-12-36-21-16(33)11-18(37-20(14)21)31-5-7-35-8-6-31/h3-4,10-12H,1-2,5-9,25H2,(H2,26,34)(H,28,29)/p+1. The molecule has 1 aliphatic rings. The molecule has 14 heteroatoms. The number of anilines is 2. The Morgan fingerprint density at radius 2 is 2.05 bits per heavy atom. The van der Waals surface area contributed by atoms with Crippen LogP contribution >= 0.6 is 0 Å². The van der Waals surface area contributed by atoms with Crippen molar-refractivity contribution in [2.45, 2.75) is 6.42 Å². The first-order chi connectivity index (χ1) is 18.5. The third-order valence-electron chi connectivity index (χ3n) is 6.25. The molecule has 6 rings (SSSR count). The lowest BCUT2D eigenvalue weighted by Crippen LogP contribution is -2.53. The molecule has 14 nitrogen and oxygen atoms in total. The maximum absolute atomic E-state index is 12.7. The Bertz CT molecular complexity index is 1690. The van der Waals surface area contributed by atoms with E-state index in [0.717, 1.165) is 0 Å². The maximum Gasteiger partial charge on any atom is 0.254 e. The number of quaternary nitrogens is 1. The van der Waals surface area contributed by atoms with Crippen LogP contribution in [0.1, 0.15) is 21.7 Å². The number of furan rings is 1. The lowest BCUT2D eigenvalue weighted by atomic mass is 10.1.